The molecule has 2 aliphatic carbocycles. The third kappa shape index (κ3) is 5.50. The van der Waals surface area contributed by atoms with Crippen LogP contribution in [-0.2, 0) is 16.1 Å². The third-order valence-corrected chi connectivity index (χ3v) is 11.4. The molecule has 4 aromatic rings. The Balaban J connectivity index is 1.08. The summed E-state index contributed by atoms with van der Waals surface area (Å²) in [6.45, 7) is 8.19. The lowest BCUT2D eigenvalue weighted by Crippen LogP contribution is -2.47. The molecular weight excluding hydrogens is 674 g/mol. The lowest BCUT2D eigenvalue weighted by Gasteiger charge is -2.27. The van der Waals surface area contributed by atoms with E-state index in [1.165, 1.54) is 26.2 Å². The smallest absolute Gasteiger partial charge is 0.248 e. The number of aryl methyl sites for hydroxylation is 2. The monoisotopic (exact) mass is 711 g/mol. The number of fused-ring (bicyclic) bond motifs is 3. The average molecular weight is 713 g/mol. The number of carbonyl (C=O) groups is 3. The second-order valence-corrected chi connectivity index (χ2v) is 15.0. The van der Waals surface area contributed by atoms with Gasteiger partial charge in [-0.1, -0.05) is 12.5 Å². The summed E-state index contributed by atoms with van der Waals surface area (Å²) in [7, 11) is 0. The summed E-state index contributed by atoms with van der Waals surface area (Å²) in [5.74, 6) is 2.03. The van der Waals surface area contributed by atoms with Crippen molar-refractivity contribution in [3.63, 3.8) is 0 Å². The van der Waals surface area contributed by atoms with Crippen LogP contribution in [0.5, 0.6) is 0 Å². The molecule has 4 aromatic heterocycles. The van der Waals surface area contributed by atoms with E-state index in [4.69, 9.17) is 0 Å². The molecular formula is C35H38BrN9O3. The molecule has 2 saturated heterocycles. The highest BCUT2D eigenvalue weighted by atomic mass is 79.9. The van der Waals surface area contributed by atoms with Crippen molar-refractivity contribution >= 4 is 50.2 Å². The Morgan fingerprint density at radius 1 is 1.02 bits per heavy atom. The molecule has 0 radical (unpaired) electrons. The number of hydrogen-bond donors (Lipinski definition) is 1. The van der Waals surface area contributed by atoms with Gasteiger partial charge in [0.1, 0.15) is 34.5 Å². The van der Waals surface area contributed by atoms with Gasteiger partial charge in [-0.05, 0) is 85.0 Å². The van der Waals surface area contributed by atoms with Gasteiger partial charge in [0.2, 0.25) is 11.8 Å². The number of pyridine rings is 2. The first-order valence-electron chi connectivity index (χ1n) is 16.7. The summed E-state index contributed by atoms with van der Waals surface area (Å²) < 4.78 is 2.18. The van der Waals surface area contributed by atoms with E-state index in [-0.39, 0.29) is 41.3 Å². The van der Waals surface area contributed by atoms with Gasteiger partial charge in [-0.2, -0.15) is 5.10 Å². The molecule has 2 amide bonds. The van der Waals surface area contributed by atoms with Crippen molar-refractivity contribution in [3.8, 4) is 11.3 Å². The first-order chi connectivity index (χ1) is 23.1. The van der Waals surface area contributed by atoms with Crippen LogP contribution in [0.15, 0.2) is 41.4 Å². The number of likely N-dealkylation sites (tertiary alicyclic amines) is 2. The van der Waals surface area contributed by atoms with Gasteiger partial charge in [-0.25, -0.2) is 15.0 Å². The maximum atomic E-state index is 14.3. The molecule has 12 nitrogen and oxygen atoms in total. The number of Topliss-reactive ketones (excluding diaryl/α,β-unsaturated/α-hetero) is 1. The number of aromatic nitrogens is 6. The van der Waals surface area contributed by atoms with Crippen LogP contribution in [0.4, 0.5) is 5.82 Å². The van der Waals surface area contributed by atoms with Gasteiger partial charge in [0.25, 0.3) is 0 Å². The number of halogens is 1. The van der Waals surface area contributed by atoms with Gasteiger partial charge in [0.05, 0.1) is 17.4 Å². The van der Waals surface area contributed by atoms with Crippen molar-refractivity contribution < 1.29 is 14.4 Å². The van der Waals surface area contributed by atoms with E-state index in [0.29, 0.717) is 44.8 Å². The Morgan fingerprint density at radius 2 is 1.77 bits per heavy atom. The Hall–Kier alpha value is -4.10. The minimum Gasteiger partial charge on any atom is -0.325 e. The highest BCUT2D eigenvalue weighted by molar-refractivity contribution is 9.10. The van der Waals surface area contributed by atoms with E-state index in [9.17, 15) is 14.4 Å². The second kappa shape index (κ2) is 11.8. The molecule has 0 bridgehead atoms. The Morgan fingerprint density at radius 3 is 2.50 bits per heavy atom. The third-order valence-electron chi connectivity index (χ3n) is 11.0. The summed E-state index contributed by atoms with van der Waals surface area (Å²) >= 11 is 3.41. The van der Waals surface area contributed by atoms with Crippen LogP contribution in [0.3, 0.4) is 0 Å². The van der Waals surface area contributed by atoms with E-state index in [2.05, 4.69) is 51.2 Å². The van der Waals surface area contributed by atoms with Crippen LogP contribution in [0.25, 0.3) is 22.2 Å². The Labute approximate surface area is 286 Å². The predicted octanol–water partition coefficient (Wildman–Crippen LogP) is 4.60. The summed E-state index contributed by atoms with van der Waals surface area (Å²) in [6, 6.07) is 4.86. The molecule has 2 saturated carbocycles. The molecule has 2 aliphatic heterocycles. The molecule has 0 unspecified atom stereocenters. The van der Waals surface area contributed by atoms with E-state index < -0.39 is 6.04 Å². The van der Waals surface area contributed by atoms with Crippen LogP contribution in [0, 0.1) is 31.1 Å². The quantitative estimate of drug-likeness (QED) is 0.205. The molecule has 8 rings (SSSR count). The molecule has 248 valence electrons. The highest BCUT2D eigenvalue weighted by Crippen LogP contribution is 2.60. The number of ketones is 1. The van der Waals surface area contributed by atoms with Crippen molar-refractivity contribution in [2.45, 2.75) is 71.5 Å². The maximum absolute atomic E-state index is 14.3. The summed E-state index contributed by atoms with van der Waals surface area (Å²) in [5.41, 5.74) is 2.90. The minimum atomic E-state index is -0.640. The second-order valence-electron chi connectivity index (χ2n) is 14.2. The SMILES string of the molecule is CC(=O)c1nn(CC(=O)N2[C@H](C(=O)Nc3nc(Br)ccc3C)C[C@@]3(CN4C[C@H]5CCC[C@H]5C4)C[C@@H]23)c2cnc(-c3cnc(C)nc3)cc12. The van der Waals surface area contributed by atoms with E-state index in [1.54, 1.807) is 34.2 Å². The van der Waals surface area contributed by atoms with Gasteiger partial charge < -0.3 is 15.1 Å². The number of nitrogens with zero attached hydrogens (tertiary/aromatic N) is 8. The fraction of sp³-hybridized carbons (Fsp3) is 0.486. The zero-order valence-corrected chi connectivity index (χ0v) is 28.9. The van der Waals surface area contributed by atoms with E-state index in [1.807, 2.05) is 26.0 Å². The predicted molar refractivity (Wildman–Crippen MR) is 182 cm³/mol. The number of hydrogen-bond acceptors (Lipinski definition) is 9. The molecule has 0 spiro atoms. The van der Waals surface area contributed by atoms with Crippen molar-refractivity contribution in [1.29, 1.82) is 0 Å². The average Bonchev–Trinajstić information content (AvgIpc) is 3.46. The van der Waals surface area contributed by atoms with Gasteiger partial charge >= 0.3 is 0 Å². The maximum Gasteiger partial charge on any atom is 0.248 e. The fourth-order valence-electron chi connectivity index (χ4n) is 8.52. The van der Waals surface area contributed by atoms with Crippen LogP contribution in [-0.4, -0.2) is 88.8 Å². The summed E-state index contributed by atoms with van der Waals surface area (Å²) in [4.78, 5) is 63.1. The normalized spacial score (nSPS) is 26.1. The molecule has 0 aromatic carbocycles. The number of piperidine rings is 1. The number of carbonyl (C=O) groups excluding carboxylic acids is 3. The lowest BCUT2D eigenvalue weighted by atomic mass is 9.98. The highest BCUT2D eigenvalue weighted by Gasteiger charge is 2.67. The van der Waals surface area contributed by atoms with Gasteiger partial charge in [0.15, 0.2) is 5.78 Å². The fourth-order valence-corrected chi connectivity index (χ4v) is 8.83. The minimum absolute atomic E-state index is 0.0295. The standard InChI is InChI=1S/C35H38BrN9O3/c1-19-7-8-30(36)40-33(19)41-34(48)27-10-35(18-43-15-22-5-4-6-23(22)16-43)11-29(35)45(27)31(47)17-44-28-14-39-26(24-12-37-21(3)38-13-24)9-25(28)32(42-44)20(2)46/h7-9,12-14,22-23,27,29H,4-6,10-11,15-18H2,1-3H3,(H,40,41,48)/t22-,23+,27-,29+,35-/m0/s1. The molecule has 5 atom stereocenters. The largest absolute Gasteiger partial charge is 0.325 e. The molecule has 4 fully saturated rings. The number of anilines is 1. The molecule has 6 heterocycles. The van der Waals surface area contributed by atoms with Crippen LogP contribution in [0.1, 0.15) is 60.9 Å². The van der Waals surface area contributed by atoms with Gasteiger partial charge in [-0.3, -0.25) is 24.0 Å². The van der Waals surface area contributed by atoms with Crippen LogP contribution >= 0.6 is 15.9 Å². The topological polar surface area (TPSA) is 139 Å². The van der Waals surface area contributed by atoms with E-state index >= 15 is 0 Å². The molecule has 48 heavy (non-hydrogen) atoms. The first-order valence-corrected chi connectivity index (χ1v) is 17.5. The van der Waals surface area contributed by atoms with Gasteiger partial charge in [0, 0.05) is 61.4 Å². The van der Waals surface area contributed by atoms with Crippen molar-refractivity contribution in [1.82, 2.24) is 39.5 Å². The summed E-state index contributed by atoms with van der Waals surface area (Å²) in [5, 5.41) is 8.23. The molecule has 13 heteroatoms. The number of nitrogens with one attached hydrogen (secondary N) is 1. The zero-order valence-electron chi connectivity index (χ0n) is 27.3. The van der Waals surface area contributed by atoms with Crippen LogP contribution in [0.2, 0.25) is 0 Å². The number of rotatable bonds is 8. The Kier molecular flexibility index (Phi) is 7.66. The Bertz CT molecular complexity index is 1950. The molecule has 1 N–H and O–H groups in total. The zero-order chi connectivity index (χ0) is 33.3. The van der Waals surface area contributed by atoms with Crippen molar-refractivity contribution in [2.24, 2.45) is 17.3 Å². The lowest BCUT2D eigenvalue weighted by molar-refractivity contribution is -0.138. The number of amides is 2. The summed E-state index contributed by atoms with van der Waals surface area (Å²) in [6.07, 6.45) is 10.5. The first kappa shape index (κ1) is 31.2. The van der Waals surface area contributed by atoms with Gasteiger partial charge in [-0.15, -0.1) is 0 Å². The van der Waals surface area contributed by atoms with Crippen molar-refractivity contribution in [2.75, 3.05) is 25.0 Å². The van der Waals surface area contributed by atoms with Crippen molar-refractivity contribution in [3.05, 3.63) is 58.5 Å². The van der Waals surface area contributed by atoms with E-state index in [0.717, 1.165) is 43.5 Å². The molecule has 4 aliphatic rings. The van der Waals surface area contributed by atoms with Crippen LogP contribution < -0.4 is 5.32 Å².